The zero-order chi connectivity index (χ0) is 17.8. The lowest BCUT2D eigenvalue weighted by molar-refractivity contribution is -0.142. The molecule has 0 saturated heterocycles. The van der Waals surface area contributed by atoms with Crippen LogP contribution in [0.4, 0.5) is 0 Å². The molecule has 0 aromatic heterocycles. The predicted octanol–water partition coefficient (Wildman–Crippen LogP) is 3.29. The molecule has 3 rings (SSSR count). The molecule has 0 bridgehead atoms. The summed E-state index contributed by atoms with van der Waals surface area (Å²) in [5.74, 6) is 1.49. The molecule has 124 valence electrons. The molecular weight excluding hydrogens is 314 g/mol. The number of carbonyl (C=O) groups excluding carboxylic acids is 2. The largest absolute Gasteiger partial charge is 0.467 e. The maximum absolute atomic E-state index is 13.0. The van der Waals surface area contributed by atoms with Crippen molar-refractivity contribution in [3.63, 3.8) is 0 Å². The summed E-state index contributed by atoms with van der Waals surface area (Å²) < 4.78 is 4.73. The van der Waals surface area contributed by atoms with Crippen LogP contribution in [0.2, 0.25) is 0 Å². The third-order valence-corrected chi connectivity index (χ3v) is 4.11. The maximum atomic E-state index is 13.0. The zero-order valence-corrected chi connectivity index (χ0v) is 13.8. The predicted molar refractivity (Wildman–Crippen MR) is 98.2 cm³/mol. The molecule has 0 spiro atoms. The molecule has 3 aromatic carbocycles. The Hall–Kier alpha value is -3.32. The van der Waals surface area contributed by atoms with Gasteiger partial charge in [-0.3, -0.25) is 4.79 Å². The van der Waals surface area contributed by atoms with Crippen molar-refractivity contribution in [3.05, 3.63) is 60.2 Å². The Bertz CT molecular complexity index is 947. The van der Waals surface area contributed by atoms with E-state index in [2.05, 4.69) is 11.2 Å². The van der Waals surface area contributed by atoms with Gasteiger partial charge in [0, 0.05) is 6.42 Å². The number of ether oxygens (including phenoxy) is 1. The number of terminal acetylenes is 1. The van der Waals surface area contributed by atoms with Crippen LogP contribution >= 0.6 is 0 Å². The van der Waals surface area contributed by atoms with E-state index in [1.807, 2.05) is 54.6 Å². The Kier molecular flexibility index (Phi) is 4.67. The number of rotatable bonds is 4. The van der Waals surface area contributed by atoms with Crippen LogP contribution in [-0.2, 0) is 9.53 Å². The monoisotopic (exact) mass is 331 g/mol. The van der Waals surface area contributed by atoms with E-state index >= 15 is 0 Å². The van der Waals surface area contributed by atoms with E-state index in [1.54, 1.807) is 0 Å². The molecule has 1 N–H and O–H groups in total. The first-order chi connectivity index (χ1) is 12.2. The summed E-state index contributed by atoms with van der Waals surface area (Å²) in [5.41, 5.74) is 0.527. The van der Waals surface area contributed by atoms with Crippen molar-refractivity contribution in [1.29, 1.82) is 0 Å². The average molecular weight is 331 g/mol. The number of esters is 1. The Labute approximate surface area is 145 Å². The quantitative estimate of drug-likeness (QED) is 0.453. The number of methoxy groups -OCH3 is 1. The highest BCUT2D eigenvalue weighted by molar-refractivity contribution is 6.18. The SMILES string of the molecule is C#CC[C@@H](NC(=O)c1c2ccccc2cc2ccccc12)C(=O)OC. The fourth-order valence-corrected chi connectivity index (χ4v) is 2.94. The van der Waals surface area contributed by atoms with E-state index in [9.17, 15) is 9.59 Å². The van der Waals surface area contributed by atoms with Crippen LogP contribution in [0.5, 0.6) is 0 Å². The van der Waals surface area contributed by atoms with E-state index in [-0.39, 0.29) is 12.3 Å². The highest BCUT2D eigenvalue weighted by atomic mass is 16.5. The molecule has 3 aromatic rings. The molecule has 4 nitrogen and oxygen atoms in total. The number of fused-ring (bicyclic) bond motifs is 2. The average Bonchev–Trinajstić information content (AvgIpc) is 2.64. The van der Waals surface area contributed by atoms with Gasteiger partial charge in [0.15, 0.2) is 0 Å². The fourth-order valence-electron chi connectivity index (χ4n) is 2.94. The van der Waals surface area contributed by atoms with Crippen LogP contribution in [0.15, 0.2) is 54.6 Å². The number of nitrogens with one attached hydrogen (secondary N) is 1. The molecule has 0 heterocycles. The van der Waals surface area contributed by atoms with Crippen LogP contribution in [0, 0.1) is 12.3 Å². The zero-order valence-electron chi connectivity index (χ0n) is 13.8. The first-order valence-corrected chi connectivity index (χ1v) is 7.88. The Morgan fingerprint density at radius 1 is 1.08 bits per heavy atom. The van der Waals surface area contributed by atoms with Gasteiger partial charge < -0.3 is 10.1 Å². The van der Waals surface area contributed by atoms with Crippen LogP contribution in [0.25, 0.3) is 21.5 Å². The number of benzene rings is 3. The molecule has 0 aliphatic rings. The van der Waals surface area contributed by atoms with Gasteiger partial charge in [-0.05, 0) is 27.6 Å². The molecule has 0 radical (unpaired) electrons. The molecule has 0 unspecified atom stereocenters. The summed E-state index contributed by atoms with van der Waals surface area (Å²) in [7, 11) is 1.27. The minimum atomic E-state index is -0.875. The van der Waals surface area contributed by atoms with Crippen LogP contribution < -0.4 is 5.32 Å². The van der Waals surface area contributed by atoms with Gasteiger partial charge in [-0.1, -0.05) is 48.5 Å². The number of amides is 1. The van der Waals surface area contributed by atoms with Crippen LogP contribution in [0.3, 0.4) is 0 Å². The van der Waals surface area contributed by atoms with Crippen molar-refractivity contribution in [2.75, 3.05) is 7.11 Å². The molecule has 25 heavy (non-hydrogen) atoms. The minimum absolute atomic E-state index is 0.0705. The third-order valence-electron chi connectivity index (χ3n) is 4.11. The Morgan fingerprint density at radius 2 is 1.64 bits per heavy atom. The first-order valence-electron chi connectivity index (χ1n) is 7.88. The van der Waals surface area contributed by atoms with Gasteiger partial charge in [0.2, 0.25) is 0 Å². The van der Waals surface area contributed by atoms with Gasteiger partial charge in [-0.25, -0.2) is 4.79 Å². The van der Waals surface area contributed by atoms with Crippen molar-refractivity contribution in [3.8, 4) is 12.3 Å². The molecule has 4 heteroatoms. The van der Waals surface area contributed by atoms with Gasteiger partial charge in [0.1, 0.15) is 6.04 Å². The molecule has 1 atom stereocenters. The van der Waals surface area contributed by atoms with Gasteiger partial charge in [0.05, 0.1) is 12.7 Å². The smallest absolute Gasteiger partial charge is 0.329 e. The van der Waals surface area contributed by atoms with Crippen molar-refractivity contribution >= 4 is 33.4 Å². The topological polar surface area (TPSA) is 55.4 Å². The van der Waals surface area contributed by atoms with Crippen molar-refractivity contribution in [2.24, 2.45) is 0 Å². The molecule has 0 aliphatic heterocycles. The van der Waals surface area contributed by atoms with E-state index in [1.165, 1.54) is 7.11 Å². The second-order valence-corrected chi connectivity index (χ2v) is 5.65. The van der Waals surface area contributed by atoms with E-state index in [4.69, 9.17) is 11.2 Å². The minimum Gasteiger partial charge on any atom is -0.467 e. The second-order valence-electron chi connectivity index (χ2n) is 5.65. The lowest BCUT2D eigenvalue weighted by Crippen LogP contribution is -2.41. The lowest BCUT2D eigenvalue weighted by Gasteiger charge is -2.16. The van der Waals surface area contributed by atoms with Crippen LogP contribution in [-0.4, -0.2) is 25.0 Å². The summed E-state index contributed by atoms with van der Waals surface area (Å²) in [6.07, 6.45) is 5.38. The van der Waals surface area contributed by atoms with Crippen molar-refractivity contribution < 1.29 is 14.3 Å². The normalized spacial score (nSPS) is 11.7. The summed E-state index contributed by atoms with van der Waals surface area (Å²) >= 11 is 0. The maximum Gasteiger partial charge on any atom is 0.329 e. The summed E-state index contributed by atoms with van der Waals surface area (Å²) in [6.45, 7) is 0. The van der Waals surface area contributed by atoms with E-state index in [0.29, 0.717) is 5.56 Å². The second kappa shape index (κ2) is 7.06. The summed E-state index contributed by atoms with van der Waals surface area (Å²) in [4.78, 5) is 24.9. The Morgan fingerprint density at radius 3 is 2.16 bits per heavy atom. The lowest BCUT2D eigenvalue weighted by atomic mass is 9.96. The highest BCUT2D eigenvalue weighted by Gasteiger charge is 2.23. The molecular formula is C21H17NO3. The van der Waals surface area contributed by atoms with Gasteiger partial charge in [-0.15, -0.1) is 12.3 Å². The molecule has 0 fully saturated rings. The highest BCUT2D eigenvalue weighted by Crippen LogP contribution is 2.28. The van der Waals surface area contributed by atoms with E-state index in [0.717, 1.165) is 21.5 Å². The number of hydrogen-bond acceptors (Lipinski definition) is 3. The van der Waals surface area contributed by atoms with Gasteiger partial charge >= 0.3 is 5.97 Å². The number of carbonyl (C=O) groups is 2. The van der Waals surface area contributed by atoms with E-state index < -0.39 is 12.0 Å². The molecule has 0 saturated carbocycles. The molecule has 0 aliphatic carbocycles. The Balaban J connectivity index is 2.13. The standard InChI is InChI=1S/C21H17NO3/c1-3-8-18(21(24)25-2)22-20(23)19-16-11-6-4-9-14(16)13-15-10-5-7-12-17(15)19/h1,4-7,9-13,18H,8H2,2H3,(H,22,23)/t18-/m1/s1. The molecule has 1 amide bonds. The first kappa shape index (κ1) is 16.5. The fraction of sp³-hybridized carbons (Fsp3) is 0.143. The van der Waals surface area contributed by atoms with Gasteiger partial charge in [0.25, 0.3) is 5.91 Å². The van der Waals surface area contributed by atoms with Gasteiger partial charge in [-0.2, -0.15) is 0 Å². The van der Waals surface area contributed by atoms with Crippen molar-refractivity contribution in [2.45, 2.75) is 12.5 Å². The summed E-state index contributed by atoms with van der Waals surface area (Å²) in [6, 6.07) is 16.5. The third kappa shape index (κ3) is 3.17. The summed E-state index contributed by atoms with van der Waals surface area (Å²) in [5, 5.41) is 6.27. The van der Waals surface area contributed by atoms with Crippen molar-refractivity contribution in [1.82, 2.24) is 5.32 Å². The number of hydrogen-bond donors (Lipinski definition) is 1. The van der Waals surface area contributed by atoms with Crippen LogP contribution in [0.1, 0.15) is 16.8 Å².